The number of benzene rings is 2. The van der Waals surface area contributed by atoms with Gasteiger partial charge in [0.2, 0.25) is 17.8 Å². The molecule has 51 heavy (non-hydrogen) atoms. The lowest BCUT2D eigenvalue weighted by molar-refractivity contribution is -0.134. The van der Waals surface area contributed by atoms with E-state index in [4.69, 9.17) is 9.72 Å². The molecule has 3 aliphatic rings. The first kappa shape index (κ1) is 34.2. The molecular weight excluding hydrogens is 648 g/mol. The Kier molecular flexibility index (Phi) is 9.98. The summed E-state index contributed by atoms with van der Waals surface area (Å²) in [5.74, 6) is 0.354. The van der Waals surface area contributed by atoms with Gasteiger partial charge in [-0.3, -0.25) is 29.4 Å². The molecule has 1 aliphatic carbocycles. The lowest BCUT2D eigenvalue weighted by Gasteiger charge is -2.34. The van der Waals surface area contributed by atoms with Gasteiger partial charge in [-0.1, -0.05) is 25.0 Å². The quantitative estimate of drug-likeness (QED) is 0.232. The van der Waals surface area contributed by atoms with Crippen molar-refractivity contribution in [2.45, 2.75) is 50.5 Å². The Morgan fingerprint density at radius 1 is 0.961 bits per heavy atom. The SMILES string of the molecule is CN(C)C(=O)c1cc2cnc(Nc3ccc(C(=O)N4CCN(CCOc5ccc(C6CCC(=O)NC6=O)cc5)CC4)cc3)nc2n1C1CCCC1. The second-order valence-electron chi connectivity index (χ2n) is 13.8. The first-order valence-corrected chi connectivity index (χ1v) is 17.8. The Labute approximate surface area is 297 Å². The molecule has 13 nitrogen and oxygen atoms in total. The van der Waals surface area contributed by atoms with E-state index in [1.807, 2.05) is 59.5 Å². The maximum atomic E-state index is 13.3. The van der Waals surface area contributed by atoms with Crippen LogP contribution in [0.4, 0.5) is 11.6 Å². The Bertz CT molecular complexity index is 1910. The highest BCUT2D eigenvalue weighted by Crippen LogP contribution is 2.35. The van der Waals surface area contributed by atoms with Gasteiger partial charge in [0.05, 0.1) is 5.92 Å². The predicted molar refractivity (Wildman–Crippen MR) is 192 cm³/mol. The minimum absolute atomic E-state index is 0.00120. The summed E-state index contributed by atoms with van der Waals surface area (Å²) in [7, 11) is 3.53. The standard InChI is InChI=1S/C38H44N8O5/c1-43(2)37(50)32-23-27-24-39-38(42-34(27)46(32)29-5-3-4-6-29)40-28-11-7-26(8-12-28)36(49)45-19-17-44(18-20-45)21-22-51-30-13-9-25(10-14-30)31-15-16-33(47)41-35(31)48/h7-14,23-24,29,31H,3-6,15-22H2,1-2H3,(H,39,40,42)(H,41,47,48). The number of piperazine rings is 1. The lowest BCUT2D eigenvalue weighted by atomic mass is 9.90. The zero-order valence-electron chi connectivity index (χ0n) is 29.1. The maximum Gasteiger partial charge on any atom is 0.270 e. The summed E-state index contributed by atoms with van der Waals surface area (Å²) in [6, 6.07) is 17.0. The molecule has 2 saturated heterocycles. The van der Waals surface area contributed by atoms with E-state index in [-0.39, 0.29) is 35.6 Å². The van der Waals surface area contributed by atoms with Crippen molar-refractivity contribution < 1.29 is 23.9 Å². The third kappa shape index (κ3) is 7.58. The fourth-order valence-electron chi connectivity index (χ4n) is 7.28. The van der Waals surface area contributed by atoms with Crippen LogP contribution in [-0.2, 0) is 9.59 Å². The summed E-state index contributed by atoms with van der Waals surface area (Å²) in [5.41, 5.74) is 3.66. The van der Waals surface area contributed by atoms with Crippen LogP contribution in [0.25, 0.3) is 11.0 Å². The van der Waals surface area contributed by atoms with Crippen molar-refractivity contribution >= 4 is 46.3 Å². The van der Waals surface area contributed by atoms with Gasteiger partial charge in [0.25, 0.3) is 11.8 Å². The van der Waals surface area contributed by atoms with E-state index in [0.717, 1.165) is 73.4 Å². The number of imide groups is 1. The van der Waals surface area contributed by atoms with E-state index in [9.17, 15) is 19.2 Å². The van der Waals surface area contributed by atoms with Crippen LogP contribution in [0.5, 0.6) is 5.75 Å². The number of anilines is 2. The topological polar surface area (TPSA) is 142 Å². The molecule has 2 aromatic carbocycles. The van der Waals surface area contributed by atoms with E-state index in [0.29, 0.717) is 49.7 Å². The van der Waals surface area contributed by atoms with Gasteiger partial charge in [-0.05, 0) is 67.3 Å². The Balaban J connectivity index is 0.897. The van der Waals surface area contributed by atoms with Crippen LogP contribution in [0.1, 0.15) is 76.9 Å². The van der Waals surface area contributed by atoms with Crippen molar-refractivity contribution in [1.82, 2.24) is 34.6 Å². The number of nitrogens with zero attached hydrogens (tertiary/aromatic N) is 6. The third-order valence-corrected chi connectivity index (χ3v) is 10.1. The van der Waals surface area contributed by atoms with Crippen LogP contribution in [-0.4, -0.2) is 106 Å². The largest absolute Gasteiger partial charge is 0.492 e. The van der Waals surface area contributed by atoms with Gasteiger partial charge in [-0.25, -0.2) is 4.98 Å². The lowest BCUT2D eigenvalue weighted by Crippen LogP contribution is -2.49. The number of aromatic nitrogens is 3. The van der Waals surface area contributed by atoms with Gasteiger partial charge in [-0.15, -0.1) is 0 Å². The van der Waals surface area contributed by atoms with Crippen LogP contribution in [0.2, 0.25) is 0 Å². The average molecular weight is 693 g/mol. The van der Waals surface area contributed by atoms with Gasteiger partial charge in [0, 0.05) is 82.1 Å². The van der Waals surface area contributed by atoms with E-state index in [1.165, 1.54) is 0 Å². The molecule has 3 fully saturated rings. The Hall–Kier alpha value is -5.30. The smallest absolute Gasteiger partial charge is 0.270 e. The number of hydrogen-bond donors (Lipinski definition) is 2. The number of carbonyl (C=O) groups is 4. The molecule has 266 valence electrons. The molecular formula is C38H44N8O5. The minimum atomic E-state index is -0.308. The van der Waals surface area contributed by atoms with Crippen LogP contribution >= 0.6 is 0 Å². The molecule has 2 aromatic heterocycles. The minimum Gasteiger partial charge on any atom is -0.492 e. The van der Waals surface area contributed by atoms with Crippen LogP contribution < -0.4 is 15.4 Å². The van der Waals surface area contributed by atoms with Gasteiger partial charge in [0.1, 0.15) is 23.7 Å². The van der Waals surface area contributed by atoms with Gasteiger partial charge < -0.3 is 24.4 Å². The second-order valence-corrected chi connectivity index (χ2v) is 13.8. The summed E-state index contributed by atoms with van der Waals surface area (Å²) in [6.07, 6.45) is 6.96. The van der Waals surface area contributed by atoms with E-state index < -0.39 is 0 Å². The van der Waals surface area contributed by atoms with E-state index in [1.54, 1.807) is 25.2 Å². The molecule has 7 rings (SSSR count). The Morgan fingerprint density at radius 2 is 1.69 bits per heavy atom. The van der Waals surface area contributed by atoms with Crippen molar-refractivity contribution in [3.63, 3.8) is 0 Å². The fraction of sp³-hybridized carbons (Fsp3) is 0.421. The number of amides is 4. The molecule has 2 N–H and O–H groups in total. The molecule has 4 heterocycles. The molecule has 4 amide bonds. The Morgan fingerprint density at radius 3 is 2.37 bits per heavy atom. The van der Waals surface area contributed by atoms with Crippen molar-refractivity contribution in [1.29, 1.82) is 0 Å². The summed E-state index contributed by atoms with van der Waals surface area (Å²) in [5, 5.41) is 6.52. The number of hydrogen-bond acceptors (Lipinski definition) is 9. The number of ether oxygens (including phenoxy) is 1. The molecule has 2 aliphatic heterocycles. The number of rotatable bonds is 10. The van der Waals surface area contributed by atoms with E-state index in [2.05, 4.69) is 25.1 Å². The molecule has 1 unspecified atom stereocenters. The highest BCUT2D eigenvalue weighted by molar-refractivity contribution is 6.01. The second kappa shape index (κ2) is 14.9. The van der Waals surface area contributed by atoms with Crippen LogP contribution in [0.15, 0.2) is 60.8 Å². The van der Waals surface area contributed by atoms with E-state index >= 15 is 0 Å². The summed E-state index contributed by atoms with van der Waals surface area (Å²) >= 11 is 0. The summed E-state index contributed by atoms with van der Waals surface area (Å²) in [6.45, 7) is 4.03. The predicted octanol–water partition coefficient (Wildman–Crippen LogP) is 4.35. The van der Waals surface area contributed by atoms with Gasteiger partial charge in [0.15, 0.2) is 0 Å². The van der Waals surface area contributed by atoms with Crippen molar-refractivity contribution in [2.75, 3.05) is 58.7 Å². The van der Waals surface area contributed by atoms with Crippen LogP contribution in [0, 0.1) is 0 Å². The summed E-state index contributed by atoms with van der Waals surface area (Å²) < 4.78 is 8.05. The van der Waals surface area contributed by atoms with Gasteiger partial charge in [-0.2, -0.15) is 4.98 Å². The third-order valence-electron chi connectivity index (χ3n) is 10.1. The first-order chi connectivity index (χ1) is 24.7. The highest BCUT2D eigenvalue weighted by atomic mass is 16.5. The van der Waals surface area contributed by atoms with Crippen molar-refractivity contribution in [3.05, 3.63) is 77.6 Å². The van der Waals surface area contributed by atoms with Crippen molar-refractivity contribution in [2.24, 2.45) is 0 Å². The molecule has 0 bridgehead atoms. The zero-order valence-corrected chi connectivity index (χ0v) is 29.1. The molecule has 0 spiro atoms. The van der Waals surface area contributed by atoms with Gasteiger partial charge >= 0.3 is 0 Å². The molecule has 13 heteroatoms. The normalized spacial score (nSPS) is 18.5. The highest BCUT2D eigenvalue weighted by Gasteiger charge is 2.29. The average Bonchev–Trinajstić information content (AvgIpc) is 3.80. The number of fused-ring (bicyclic) bond motifs is 1. The molecule has 4 aromatic rings. The molecule has 1 atom stereocenters. The zero-order chi connectivity index (χ0) is 35.5. The molecule has 0 radical (unpaired) electrons. The maximum absolute atomic E-state index is 13.3. The van der Waals surface area contributed by atoms with Crippen LogP contribution in [0.3, 0.4) is 0 Å². The number of carbonyl (C=O) groups excluding carboxylic acids is 4. The molecule has 1 saturated carbocycles. The monoisotopic (exact) mass is 692 g/mol. The first-order valence-electron chi connectivity index (χ1n) is 17.8. The summed E-state index contributed by atoms with van der Waals surface area (Å²) in [4.78, 5) is 65.1. The number of piperidine rings is 1. The number of nitrogens with one attached hydrogen (secondary N) is 2. The fourth-order valence-corrected chi connectivity index (χ4v) is 7.28. The van der Waals surface area contributed by atoms with Crippen molar-refractivity contribution in [3.8, 4) is 5.75 Å².